The molecule has 17 heteroatoms. The summed E-state index contributed by atoms with van der Waals surface area (Å²) in [7, 11) is 2.43. The van der Waals surface area contributed by atoms with Crippen LogP contribution in [0.2, 0.25) is 0 Å². The normalized spacial score (nSPS) is 11.9. The molecule has 0 radical (unpaired) electrons. The number of carbonyl (C=O) groups excluding carboxylic acids is 7. The van der Waals surface area contributed by atoms with Crippen LogP contribution in [-0.4, -0.2) is 82.2 Å². The predicted molar refractivity (Wildman–Crippen MR) is 366 cm³/mol. The van der Waals surface area contributed by atoms with Gasteiger partial charge in [-0.25, -0.2) is 28.8 Å². The van der Waals surface area contributed by atoms with Crippen molar-refractivity contribution in [1.29, 1.82) is 0 Å². The van der Waals surface area contributed by atoms with Crippen molar-refractivity contribution in [2.45, 2.75) is 215 Å². The minimum atomic E-state index is -0.770. The van der Waals surface area contributed by atoms with Crippen molar-refractivity contribution in [3.8, 4) is 23.0 Å². The van der Waals surface area contributed by atoms with E-state index in [2.05, 4.69) is 34.3 Å². The zero-order chi connectivity index (χ0) is 68.6. The van der Waals surface area contributed by atoms with Gasteiger partial charge in [0.1, 0.15) is 49.4 Å². The quantitative estimate of drug-likeness (QED) is 0.0154. The Morgan fingerprint density at radius 2 is 0.547 bits per heavy atom. The molecular formula is C78H102O17. The van der Waals surface area contributed by atoms with Crippen LogP contribution in [0.3, 0.4) is 0 Å². The highest BCUT2D eigenvalue weighted by molar-refractivity contribution is 5.94. The molecule has 17 nitrogen and oxygen atoms in total. The monoisotopic (exact) mass is 1310 g/mol. The van der Waals surface area contributed by atoms with Gasteiger partial charge in [-0.2, -0.15) is 0 Å². The Kier molecular flexibility index (Phi) is 36.0. The Bertz CT molecular complexity index is 3240. The summed E-state index contributed by atoms with van der Waals surface area (Å²) in [5.74, 6) is -2.19. The minimum Gasteiger partial charge on any atom is -0.493 e. The molecule has 4 aromatic carbocycles. The number of esters is 6. The van der Waals surface area contributed by atoms with Crippen molar-refractivity contribution in [2.24, 2.45) is 0 Å². The van der Waals surface area contributed by atoms with Gasteiger partial charge in [0, 0.05) is 62.1 Å². The third-order valence-corrected chi connectivity index (χ3v) is 16.0. The fraction of sp³-hybridized carbons (Fsp3) is 0.500. The maximum absolute atomic E-state index is 13.4. The van der Waals surface area contributed by atoms with Gasteiger partial charge in [-0.15, -0.1) is 0 Å². The number of methoxy groups -OCH3 is 2. The molecule has 1 aliphatic rings. The van der Waals surface area contributed by atoms with Gasteiger partial charge < -0.3 is 47.4 Å². The van der Waals surface area contributed by atoms with Crippen molar-refractivity contribution >= 4 is 41.6 Å². The number of ether oxygens (including phenoxy) is 10. The van der Waals surface area contributed by atoms with Crippen LogP contribution >= 0.6 is 0 Å². The molecule has 8 bridgehead atoms. The van der Waals surface area contributed by atoms with Crippen molar-refractivity contribution in [2.75, 3.05) is 40.6 Å². The van der Waals surface area contributed by atoms with Gasteiger partial charge >= 0.3 is 35.8 Å². The van der Waals surface area contributed by atoms with Crippen LogP contribution in [0.4, 0.5) is 0 Å². The Morgan fingerprint density at radius 1 is 0.326 bits per heavy atom. The van der Waals surface area contributed by atoms with Crippen molar-refractivity contribution in [1.82, 2.24) is 0 Å². The van der Waals surface area contributed by atoms with Gasteiger partial charge in [-0.1, -0.05) is 137 Å². The number of hydrogen-bond acceptors (Lipinski definition) is 17. The SMILES string of the molecule is C=CC(=O)OCc1cc2c(OCCCCCCC)c(c1)Cc1cc(COC(=O)/C=C\C(=O)OC)cc(c1OCCCCCCC)Cc1cc(COC(=O)/C=C\C(=O)OC)cc(c1OCCCCCCC)Cc1cc(COC(=O)/C=C\C(C)=O)cc(c1OCCCCCCC)C2. The van der Waals surface area contributed by atoms with E-state index in [1.54, 1.807) is 0 Å². The minimum absolute atomic E-state index is 0.102. The molecule has 1 aliphatic carbocycles. The van der Waals surface area contributed by atoms with Crippen LogP contribution in [0, 0.1) is 0 Å². The third kappa shape index (κ3) is 28.6. The fourth-order valence-electron chi connectivity index (χ4n) is 11.2. The largest absolute Gasteiger partial charge is 0.493 e. The zero-order valence-electron chi connectivity index (χ0n) is 57.4. The van der Waals surface area contributed by atoms with E-state index in [1.165, 1.54) is 27.2 Å². The topological polar surface area (TPSA) is 212 Å². The first-order valence-corrected chi connectivity index (χ1v) is 34.2. The number of fused-ring (bicyclic) bond motifs is 8. The van der Waals surface area contributed by atoms with Gasteiger partial charge in [-0.3, -0.25) is 4.79 Å². The Labute approximate surface area is 563 Å². The number of allylic oxidation sites excluding steroid dienone is 1. The highest BCUT2D eigenvalue weighted by Crippen LogP contribution is 2.42. The van der Waals surface area contributed by atoms with E-state index in [4.69, 9.17) is 47.4 Å². The number of unbranched alkanes of at least 4 members (excludes halogenated alkanes) is 16. The lowest BCUT2D eigenvalue weighted by atomic mass is 9.88. The summed E-state index contributed by atoms with van der Waals surface area (Å²) >= 11 is 0. The number of ketones is 1. The second-order valence-corrected chi connectivity index (χ2v) is 24.0. The molecule has 0 spiro atoms. The van der Waals surface area contributed by atoms with Gasteiger partial charge in [0.15, 0.2) is 5.78 Å². The maximum atomic E-state index is 13.4. The fourth-order valence-corrected chi connectivity index (χ4v) is 11.2. The summed E-state index contributed by atoms with van der Waals surface area (Å²) in [5, 5.41) is 0. The van der Waals surface area contributed by atoms with Crippen molar-refractivity contribution in [3.05, 3.63) is 164 Å². The van der Waals surface area contributed by atoms with Gasteiger partial charge in [-0.05, 0) is 154 Å². The molecule has 0 atom stereocenters. The molecule has 5 rings (SSSR count). The molecule has 0 heterocycles. The predicted octanol–water partition coefficient (Wildman–Crippen LogP) is 15.7. The van der Waals surface area contributed by atoms with Crippen LogP contribution in [0.5, 0.6) is 23.0 Å². The van der Waals surface area contributed by atoms with Crippen LogP contribution in [0.15, 0.2) is 97.6 Å². The first kappa shape index (κ1) is 77.2. The highest BCUT2D eigenvalue weighted by Gasteiger charge is 2.26. The first-order valence-electron chi connectivity index (χ1n) is 34.2. The Morgan fingerprint density at radius 3 is 0.768 bits per heavy atom. The number of benzene rings is 4. The third-order valence-electron chi connectivity index (χ3n) is 16.0. The summed E-state index contributed by atoms with van der Waals surface area (Å²) in [6.07, 6.45) is 27.9. The summed E-state index contributed by atoms with van der Waals surface area (Å²) in [6.45, 7) is 14.6. The molecule has 0 aliphatic heterocycles. The van der Waals surface area contributed by atoms with Crippen molar-refractivity contribution < 1.29 is 80.9 Å². The summed E-state index contributed by atoms with van der Waals surface area (Å²) in [5.41, 5.74) is 8.39. The molecule has 516 valence electrons. The molecule has 4 aromatic rings. The molecule has 0 N–H and O–H groups in total. The summed E-state index contributed by atoms with van der Waals surface area (Å²) in [4.78, 5) is 89.2. The average Bonchev–Trinajstić information content (AvgIpc) is 0.788. The lowest BCUT2D eigenvalue weighted by Gasteiger charge is -2.25. The Balaban J connectivity index is 1.97. The van der Waals surface area contributed by atoms with E-state index in [1.807, 2.05) is 48.5 Å². The van der Waals surface area contributed by atoms with Crippen LogP contribution in [0.1, 0.15) is 230 Å². The number of hydrogen-bond donors (Lipinski definition) is 0. The molecule has 0 aromatic heterocycles. The highest BCUT2D eigenvalue weighted by atomic mass is 16.6. The van der Waals surface area contributed by atoms with E-state index in [-0.39, 0.29) is 57.9 Å². The lowest BCUT2D eigenvalue weighted by molar-refractivity contribution is -0.140. The molecular weight excluding hydrogens is 1210 g/mol. The molecule has 0 saturated carbocycles. The van der Waals surface area contributed by atoms with Gasteiger partial charge in [0.2, 0.25) is 0 Å². The van der Waals surface area contributed by atoms with Crippen LogP contribution in [-0.2, 0) is 114 Å². The first-order chi connectivity index (χ1) is 46.1. The Hall–Kier alpha value is -8.47. The molecule has 0 amide bonds. The van der Waals surface area contributed by atoms with Gasteiger partial charge in [0.25, 0.3) is 0 Å². The average molecular weight is 1310 g/mol. The van der Waals surface area contributed by atoms with E-state index in [9.17, 15) is 33.6 Å². The molecule has 0 unspecified atom stereocenters. The summed E-state index contributed by atoms with van der Waals surface area (Å²) < 4.78 is 61.4. The lowest BCUT2D eigenvalue weighted by Crippen LogP contribution is -2.13. The standard InChI is InChI=1S/C78H102O17/c1-9-14-18-22-26-36-88-75-61-40-57(52-92-69(80)13-5)41-62(75)49-65-44-59(54-94-73(84)34-32-70(81)86-7)45-67(77(65)90-38-28-24-20-16-11-3)51-68-47-60(55-95-74(85)35-33-71(82)87-8)46-66(78(68)91-39-29-25-21-17-12-4)50-64-43-58(53-93-72(83)31-30-56(6)79)42-63(48-61)76(64)89-37-27-23-19-15-10-2/h13,30-35,40-47H,5,9-12,14-29,36-39,48-55H2,1-4,6-8H3/b31-30-,34-32-,35-33-. The van der Waals surface area contributed by atoms with E-state index in [0.29, 0.717) is 71.7 Å². The van der Waals surface area contributed by atoms with Gasteiger partial charge in [0.05, 0.1) is 40.6 Å². The zero-order valence-corrected chi connectivity index (χ0v) is 57.4. The van der Waals surface area contributed by atoms with Crippen LogP contribution < -0.4 is 18.9 Å². The van der Waals surface area contributed by atoms with E-state index >= 15 is 0 Å². The second-order valence-electron chi connectivity index (χ2n) is 24.0. The van der Waals surface area contributed by atoms with E-state index < -0.39 is 35.8 Å². The summed E-state index contributed by atoms with van der Waals surface area (Å²) in [6, 6.07) is 15.7. The van der Waals surface area contributed by atoms with Crippen LogP contribution in [0.25, 0.3) is 0 Å². The molecule has 0 fully saturated rings. The number of rotatable bonds is 43. The van der Waals surface area contributed by atoms with E-state index in [0.717, 1.165) is 209 Å². The van der Waals surface area contributed by atoms with Crippen molar-refractivity contribution in [3.63, 3.8) is 0 Å². The molecule has 0 saturated heterocycles. The maximum Gasteiger partial charge on any atom is 0.331 e. The number of carbonyl (C=O) groups is 7. The second kappa shape index (κ2) is 44.2. The molecule has 95 heavy (non-hydrogen) atoms. The smallest absolute Gasteiger partial charge is 0.331 e.